The van der Waals surface area contributed by atoms with E-state index >= 15 is 0 Å². The predicted octanol–water partition coefficient (Wildman–Crippen LogP) is 2.96. The van der Waals surface area contributed by atoms with Crippen molar-refractivity contribution in [1.29, 1.82) is 5.26 Å². The molecule has 0 fully saturated rings. The number of carbonyl (C=O) groups is 1. The third kappa shape index (κ3) is 2.21. The molecule has 0 unspecified atom stereocenters. The number of nitro groups is 1. The summed E-state index contributed by atoms with van der Waals surface area (Å²) in [6.45, 7) is 0. The van der Waals surface area contributed by atoms with E-state index in [0.717, 1.165) is 0 Å². The molecule has 22 heavy (non-hydrogen) atoms. The quantitative estimate of drug-likeness (QED) is 0.522. The third-order valence-corrected chi connectivity index (χ3v) is 3.36. The van der Waals surface area contributed by atoms with Gasteiger partial charge in [0.05, 0.1) is 22.1 Å². The van der Waals surface area contributed by atoms with Crippen molar-refractivity contribution in [1.82, 2.24) is 0 Å². The van der Waals surface area contributed by atoms with Crippen LogP contribution < -0.4 is 5.32 Å². The van der Waals surface area contributed by atoms with Gasteiger partial charge in [0.2, 0.25) is 0 Å². The van der Waals surface area contributed by atoms with Gasteiger partial charge in [-0.3, -0.25) is 14.9 Å². The maximum atomic E-state index is 12.1. The molecule has 1 aliphatic rings. The van der Waals surface area contributed by atoms with Crippen LogP contribution in [0.5, 0.6) is 0 Å². The van der Waals surface area contributed by atoms with Crippen molar-refractivity contribution in [2.45, 2.75) is 0 Å². The van der Waals surface area contributed by atoms with Crippen LogP contribution in [0.15, 0.2) is 42.5 Å². The number of nitriles is 1. The Morgan fingerprint density at radius 2 is 2.00 bits per heavy atom. The maximum absolute atomic E-state index is 12.1. The lowest BCUT2D eigenvalue weighted by Gasteiger charge is -2.00. The minimum Gasteiger partial charge on any atom is -0.321 e. The fourth-order valence-electron chi connectivity index (χ4n) is 2.33. The number of nitro benzene ring substituents is 1. The minimum absolute atomic E-state index is 0.0762. The van der Waals surface area contributed by atoms with Gasteiger partial charge in [0, 0.05) is 22.9 Å². The molecule has 106 valence electrons. The second-order valence-electron chi connectivity index (χ2n) is 4.70. The first-order valence-corrected chi connectivity index (χ1v) is 6.41. The summed E-state index contributed by atoms with van der Waals surface area (Å²) in [6, 6.07) is 13.0. The first kappa shape index (κ1) is 13.5. The van der Waals surface area contributed by atoms with Crippen LogP contribution in [-0.4, -0.2) is 10.8 Å². The van der Waals surface area contributed by atoms with Gasteiger partial charge in [-0.05, 0) is 30.3 Å². The first-order valence-electron chi connectivity index (χ1n) is 6.41. The molecule has 6 nitrogen and oxygen atoms in total. The molecule has 0 aliphatic carbocycles. The van der Waals surface area contributed by atoms with Crippen molar-refractivity contribution >= 4 is 28.9 Å². The molecule has 2 aromatic rings. The van der Waals surface area contributed by atoms with Gasteiger partial charge in [-0.25, -0.2) is 0 Å². The van der Waals surface area contributed by atoms with E-state index in [1.54, 1.807) is 36.4 Å². The summed E-state index contributed by atoms with van der Waals surface area (Å²) in [4.78, 5) is 22.6. The average molecular weight is 291 g/mol. The summed E-state index contributed by atoms with van der Waals surface area (Å²) in [5, 5.41) is 22.7. The summed E-state index contributed by atoms with van der Waals surface area (Å²) in [5.74, 6) is -0.344. The first-order chi connectivity index (χ1) is 10.6. The van der Waals surface area contributed by atoms with Crippen molar-refractivity contribution in [3.8, 4) is 6.07 Å². The van der Waals surface area contributed by atoms with E-state index in [9.17, 15) is 14.9 Å². The van der Waals surface area contributed by atoms with E-state index in [0.29, 0.717) is 28.0 Å². The highest BCUT2D eigenvalue weighted by Gasteiger charge is 2.25. The van der Waals surface area contributed by atoms with Crippen molar-refractivity contribution in [2.24, 2.45) is 0 Å². The van der Waals surface area contributed by atoms with Crippen molar-refractivity contribution in [3.63, 3.8) is 0 Å². The monoisotopic (exact) mass is 291 g/mol. The molecule has 1 N–H and O–H groups in total. The van der Waals surface area contributed by atoms with E-state index in [-0.39, 0.29) is 11.6 Å². The molecule has 2 aromatic carbocycles. The molecule has 0 spiro atoms. The van der Waals surface area contributed by atoms with Crippen LogP contribution in [-0.2, 0) is 4.79 Å². The Morgan fingerprint density at radius 3 is 2.73 bits per heavy atom. The normalized spacial score (nSPS) is 14.3. The van der Waals surface area contributed by atoms with Crippen LogP contribution in [0, 0.1) is 21.4 Å². The van der Waals surface area contributed by atoms with E-state index in [2.05, 4.69) is 5.32 Å². The highest BCUT2D eigenvalue weighted by molar-refractivity contribution is 6.35. The second-order valence-corrected chi connectivity index (χ2v) is 4.70. The molecule has 3 rings (SSSR count). The lowest BCUT2D eigenvalue weighted by Crippen LogP contribution is -2.03. The number of nitrogens with one attached hydrogen (secondary N) is 1. The van der Waals surface area contributed by atoms with Crippen LogP contribution in [0.1, 0.15) is 16.7 Å². The largest absolute Gasteiger partial charge is 0.321 e. The fourth-order valence-corrected chi connectivity index (χ4v) is 2.33. The Morgan fingerprint density at radius 1 is 1.23 bits per heavy atom. The van der Waals surface area contributed by atoms with Crippen LogP contribution in [0.3, 0.4) is 0 Å². The van der Waals surface area contributed by atoms with Gasteiger partial charge in [0.25, 0.3) is 11.6 Å². The molecule has 0 bridgehead atoms. The summed E-state index contributed by atoms with van der Waals surface area (Å²) < 4.78 is 0. The van der Waals surface area contributed by atoms with Crippen molar-refractivity contribution in [3.05, 3.63) is 69.3 Å². The number of carbonyl (C=O) groups excluding carboxylic acids is 1. The summed E-state index contributed by atoms with van der Waals surface area (Å²) >= 11 is 0. The SMILES string of the molecule is N#Cc1ccc2c(c1)/C(=C/c1ccccc1[N+](=O)[O-])C(=O)N2. The number of nitrogens with zero attached hydrogens (tertiary/aromatic N) is 2. The number of fused-ring (bicyclic) bond motifs is 1. The lowest BCUT2D eigenvalue weighted by molar-refractivity contribution is -0.385. The number of para-hydroxylation sites is 1. The minimum atomic E-state index is -0.494. The third-order valence-electron chi connectivity index (χ3n) is 3.36. The van der Waals surface area contributed by atoms with E-state index in [4.69, 9.17) is 5.26 Å². The number of anilines is 1. The average Bonchev–Trinajstić information content (AvgIpc) is 2.83. The summed E-state index contributed by atoms with van der Waals surface area (Å²) in [7, 11) is 0. The highest BCUT2D eigenvalue weighted by atomic mass is 16.6. The lowest BCUT2D eigenvalue weighted by atomic mass is 10.0. The molecule has 0 saturated heterocycles. The summed E-state index contributed by atoms with van der Waals surface area (Å²) in [5.41, 5.74) is 2.15. The number of amides is 1. The van der Waals surface area contributed by atoms with Gasteiger partial charge in [-0.2, -0.15) is 5.26 Å². The molecule has 0 saturated carbocycles. The topological polar surface area (TPSA) is 96.0 Å². The molecule has 0 atom stereocenters. The van der Waals surface area contributed by atoms with Crippen molar-refractivity contribution < 1.29 is 9.72 Å². The molecule has 6 heteroatoms. The Bertz CT molecular complexity index is 878. The smallest absolute Gasteiger partial charge is 0.276 e. The molecule has 0 radical (unpaired) electrons. The van der Waals surface area contributed by atoms with E-state index < -0.39 is 4.92 Å². The van der Waals surface area contributed by atoms with E-state index in [1.807, 2.05) is 6.07 Å². The standard InChI is InChI=1S/C16H9N3O3/c17-9-10-5-6-14-12(7-10)13(16(20)18-14)8-11-3-1-2-4-15(11)19(21)22/h1-8H,(H,18,20)/b13-8-. The van der Waals surface area contributed by atoms with Crippen LogP contribution >= 0.6 is 0 Å². The Balaban J connectivity index is 2.16. The highest BCUT2D eigenvalue weighted by Crippen LogP contribution is 2.35. The van der Waals surface area contributed by atoms with E-state index in [1.165, 1.54) is 12.1 Å². The predicted molar refractivity (Wildman–Crippen MR) is 80.8 cm³/mol. The zero-order valence-electron chi connectivity index (χ0n) is 11.2. The molecule has 1 amide bonds. The van der Waals surface area contributed by atoms with Gasteiger partial charge in [-0.15, -0.1) is 0 Å². The van der Waals surface area contributed by atoms with Crippen LogP contribution in [0.25, 0.3) is 11.6 Å². The fraction of sp³-hybridized carbons (Fsp3) is 0. The van der Waals surface area contributed by atoms with Gasteiger partial charge in [-0.1, -0.05) is 12.1 Å². The molecule has 1 heterocycles. The molecule has 0 aromatic heterocycles. The van der Waals surface area contributed by atoms with Crippen LogP contribution in [0.2, 0.25) is 0 Å². The summed E-state index contributed by atoms with van der Waals surface area (Å²) in [6.07, 6.45) is 1.47. The maximum Gasteiger partial charge on any atom is 0.276 e. The zero-order chi connectivity index (χ0) is 15.7. The van der Waals surface area contributed by atoms with Gasteiger partial charge in [0.1, 0.15) is 0 Å². The molecular weight excluding hydrogens is 282 g/mol. The van der Waals surface area contributed by atoms with Crippen molar-refractivity contribution in [2.75, 3.05) is 5.32 Å². The Hall–Kier alpha value is -3.46. The zero-order valence-corrected chi connectivity index (χ0v) is 11.2. The van der Waals surface area contributed by atoms with Gasteiger partial charge < -0.3 is 5.32 Å². The number of benzene rings is 2. The van der Waals surface area contributed by atoms with Gasteiger partial charge in [0.15, 0.2) is 0 Å². The van der Waals surface area contributed by atoms with Gasteiger partial charge >= 0.3 is 0 Å². The number of hydrogen-bond donors (Lipinski definition) is 1. The Labute approximate surface area is 125 Å². The molecule has 1 aliphatic heterocycles. The van der Waals surface area contributed by atoms with Crippen LogP contribution in [0.4, 0.5) is 11.4 Å². The number of rotatable bonds is 2. The number of hydrogen-bond acceptors (Lipinski definition) is 4. The molecular formula is C16H9N3O3. The second kappa shape index (κ2) is 5.14. The Kier molecular flexibility index (Phi) is 3.16.